The number of nitrogens with two attached hydrogens (primary N) is 3. The normalized spacial score (nSPS) is 10.0. The van der Waals surface area contributed by atoms with Crippen molar-refractivity contribution in [3.8, 4) is 0 Å². The number of carbonyl (C=O) groups is 2. The van der Waals surface area contributed by atoms with Gasteiger partial charge in [-0.05, 0) is 36.4 Å². The molecule has 6 nitrogen and oxygen atoms in total. The Hall–Kier alpha value is -3.02. The van der Waals surface area contributed by atoms with Gasteiger partial charge in [-0.2, -0.15) is 0 Å². The summed E-state index contributed by atoms with van der Waals surface area (Å²) in [6.07, 6.45) is 0. The predicted octanol–water partition coefficient (Wildman–Crippen LogP) is 1.20. The molecule has 0 bridgehead atoms. The average Bonchev–Trinajstić information content (AvgIpc) is 2.37. The minimum atomic E-state index is -0.561. The number of anilines is 3. The van der Waals surface area contributed by atoms with Crippen LogP contribution in [-0.4, -0.2) is 11.8 Å². The monoisotopic (exact) mass is 270 g/mol. The highest BCUT2D eigenvalue weighted by Crippen LogP contribution is 2.16. The molecular weight excluding hydrogens is 256 g/mol. The van der Waals surface area contributed by atoms with Crippen LogP contribution in [0.1, 0.15) is 20.7 Å². The summed E-state index contributed by atoms with van der Waals surface area (Å²) in [6, 6.07) is 10.9. The van der Waals surface area contributed by atoms with Crippen molar-refractivity contribution >= 4 is 28.9 Å². The van der Waals surface area contributed by atoms with Crippen LogP contribution in [0.15, 0.2) is 42.5 Å². The number of nitrogens with one attached hydrogen (secondary N) is 1. The predicted molar refractivity (Wildman–Crippen MR) is 78.2 cm³/mol. The molecule has 0 unspecified atom stereocenters. The molecule has 0 spiro atoms. The van der Waals surface area contributed by atoms with Crippen molar-refractivity contribution < 1.29 is 9.59 Å². The van der Waals surface area contributed by atoms with Crippen LogP contribution in [0.25, 0.3) is 0 Å². The topological polar surface area (TPSA) is 124 Å². The zero-order valence-corrected chi connectivity index (χ0v) is 10.6. The van der Waals surface area contributed by atoms with Gasteiger partial charge in [-0.15, -0.1) is 0 Å². The number of hydrogen-bond donors (Lipinski definition) is 4. The molecule has 0 fully saturated rings. The van der Waals surface area contributed by atoms with E-state index in [1.54, 1.807) is 24.3 Å². The molecular formula is C14H14N4O2. The Morgan fingerprint density at radius 3 is 2.15 bits per heavy atom. The van der Waals surface area contributed by atoms with Crippen molar-refractivity contribution in [3.63, 3.8) is 0 Å². The van der Waals surface area contributed by atoms with Crippen LogP contribution < -0.4 is 22.5 Å². The van der Waals surface area contributed by atoms with E-state index in [4.69, 9.17) is 17.2 Å². The lowest BCUT2D eigenvalue weighted by atomic mass is 10.1. The van der Waals surface area contributed by atoms with Crippen LogP contribution >= 0.6 is 0 Å². The molecule has 6 heteroatoms. The first-order valence-electron chi connectivity index (χ1n) is 5.83. The van der Waals surface area contributed by atoms with Gasteiger partial charge in [0, 0.05) is 28.2 Å². The summed E-state index contributed by atoms with van der Waals surface area (Å²) in [5.41, 5.74) is 18.4. The maximum absolute atomic E-state index is 12.1. The van der Waals surface area contributed by atoms with Crippen molar-refractivity contribution in [2.24, 2.45) is 5.73 Å². The lowest BCUT2D eigenvalue weighted by Crippen LogP contribution is -2.14. The summed E-state index contributed by atoms with van der Waals surface area (Å²) in [4.78, 5) is 23.1. The molecule has 2 aromatic rings. The molecule has 0 aromatic heterocycles. The van der Waals surface area contributed by atoms with Gasteiger partial charge >= 0.3 is 0 Å². The molecule has 2 amide bonds. The van der Waals surface area contributed by atoms with Crippen LogP contribution in [0.3, 0.4) is 0 Å². The zero-order valence-electron chi connectivity index (χ0n) is 10.6. The van der Waals surface area contributed by atoms with E-state index in [1.807, 2.05) is 0 Å². The number of primary amides is 1. The van der Waals surface area contributed by atoms with E-state index >= 15 is 0 Å². The lowest BCUT2D eigenvalue weighted by molar-refractivity contribution is 0.0996. The van der Waals surface area contributed by atoms with Crippen LogP contribution in [0.4, 0.5) is 17.1 Å². The van der Waals surface area contributed by atoms with Gasteiger partial charge in [0.05, 0.1) is 0 Å². The standard InChI is InChI=1S/C14H14N4O2/c15-10-4-9(5-11(16)7-10)14(20)18-12-3-1-2-8(6-12)13(17)19/h1-7H,15-16H2,(H2,17,19)(H,18,20). The fraction of sp³-hybridized carbons (Fsp3) is 0. The molecule has 0 saturated carbocycles. The third-order valence-corrected chi connectivity index (χ3v) is 2.64. The van der Waals surface area contributed by atoms with Gasteiger partial charge < -0.3 is 22.5 Å². The van der Waals surface area contributed by atoms with Crippen molar-refractivity contribution in [2.45, 2.75) is 0 Å². The summed E-state index contributed by atoms with van der Waals surface area (Å²) < 4.78 is 0. The number of amides is 2. The SMILES string of the molecule is NC(=O)c1cccc(NC(=O)c2cc(N)cc(N)c2)c1. The first kappa shape index (κ1) is 13.4. The first-order valence-corrected chi connectivity index (χ1v) is 5.83. The third-order valence-electron chi connectivity index (χ3n) is 2.64. The second kappa shape index (κ2) is 5.31. The second-order valence-electron chi connectivity index (χ2n) is 4.29. The maximum atomic E-state index is 12.1. The average molecular weight is 270 g/mol. The van der Waals surface area contributed by atoms with E-state index in [1.165, 1.54) is 18.2 Å². The summed E-state index contributed by atoms with van der Waals surface area (Å²) in [6.45, 7) is 0. The fourth-order valence-electron chi connectivity index (χ4n) is 1.76. The van der Waals surface area contributed by atoms with Crippen LogP contribution in [0.2, 0.25) is 0 Å². The summed E-state index contributed by atoms with van der Waals surface area (Å²) >= 11 is 0. The van der Waals surface area contributed by atoms with E-state index in [0.29, 0.717) is 28.2 Å². The van der Waals surface area contributed by atoms with E-state index in [0.717, 1.165) is 0 Å². The minimum absolute atomic E-state index is 0.315. The zero-order chi connectivity index (χ0) is 14.7. The molecule has 20 heavy (non-hydrogen) atoms. The van der Waals surface area contributed by atoms with Gasteiger partial charge in [0.15, 0.2) is 0 Å². The molecule has 0 radical (unpaired) electrons. The Balaban J connectivity index is 2.23. The number of carbonyl (C=O) groups excluding carboxylic acids is 2. The molecule has 0 aliphatic heterocycles. The van der Waals surface area contributed by atoms with Crippen LogP contribution in [0, 0.1) is 0 Å². The van der Waals surface area contributed by atoms with E-state index < -0.39 is 5.91 Å². The largest absolute Gasteiger partial charge is 0.399 e. The molecule has 7 N–H and O–H groups in total. The first-order chi connectivity index (χ1) is 9.45. The Morgan fingerprint density at radius 2 is 1.55 bits per heavy atom. The van der Waals surface area contributed by atoms with Crippen molar-refractivity contribution in [1.29, 1.82) is 0 Å². The Morgan fingerprint density at radius 1 is 0.900 bits per heavy atom. The molecule has 0 heterocycles. The smallest absolute Gasteiger partial charge is 0.255 e. The van der Waals surface area contributed by atoms with Gasteiger partial charge in [0.1, 0.15) is 0 Å². The number of benzene rings is 2. The molecule has 0 aliphatic carbocycles. The maximum Gasteiger partial charge on any atom is 0.255 e. The minimum Gasteiger partial charge on any atom is -0.399 e. The van der Waals surface area contributed by atoms with E-state index in [2.05, 4.69) is 5.32 Å². The molecule has 0 atom stereocenters. The molecule has 102 valence electrons. The van der Waals surface area contributed by atoms with Gasteiger partial charge in [-0.1, -0.05) is 6.07 Å². The fourth-order valence-corrected chi connectivity index (χ4v) is 1.76. The Labute approximate surface area is 115 Å². The Bertz CT molecular complexity index is 662. The Kier molecular flexibility index (Phi) is 3.56. The summed E-state index contributed by atoms with van der Waals surface area (Å²) in [5, 5.41) is 2.65. The number of nitrogen functional groups attached to an aromatic ring is 2. The van der Waals surface area contributed by atoms with Crippen molar-refractivity contribution in [3.05, 3.63) is 53.6 Å². The van der Waals surface area contributed by atoms with Gasteiger partial charge in [0.25, 0.3) is 5.91 Å². The second-order valence-corrected chi connectivity index (χ2v) is 4.29. The number of rotatable bonds is 3. The quantitative estimate of drug-likeness (QED) is 0.625. The molecule has 0 saturated heterocycles. The third kappa shape index (κ3) is 3.05. The molecule has 0 aliphatic rings. The highest BCUT2D eigenvalue weighted by Gasteiger charge is 2.09. The van der Waals surface area contributed by atoms with E-state index in [9.17, 15) is 9.59 Å². The summed E-state index contributed by atoms with van der Waals surface area (Å²) in [7, 11) is 0. The van der Waals surface area contributed by atoms with Crippen molar-refractivity contribution in [2.75, 3.05) is 16.8 Å². The van der Waals surface area contributed by atoms with Crippen LogP contribution in [-0.2, 0) is 0 Å². The highest BCUT2D eigenvalue weighted by molar-refractivity contribution is 6.06. The van der Waals surface area contributed by atoms with E-state index in [-0.39, 0.29) is 5.91 Å². The molecule has 2 aromatic carbocycles. The molecule has 2 rings (SSSR count). The summed E-state index contributed by atoms with van der Waals surface area (Å²) in [5.74, 6) is -0.931. The number of hydrogen-bond acceptors (Lipinski definition) is 4. The van der Waals surface area contributed by atoms with Gasteiger partial charge in [0.2, 0.25) is 5.91 Å². The highest BCUT2D eigenvalue weighted by atomic mass is 16.2. The lowest BCUT2D eigenvalue weighted by Gasteiger charge is -2.07. The van der Waals surface area contributed by atoms with Crippen molar-refractivity contribution in [1.82, 2.24) is 0 Å². The van der Waals surface area contributed by atoms with Gasteiger partial charge in [-0.25, -0.2) is 0 Å². The van der Waals surface area contributed by atoms with Gasteiger partial charge in [-0.3, -0.25) is 9.59 Å². The van der Waals surface area contributed by atoms with Crippen LogP contribution in [0.5, 0.6) is 0 Å².